The van der Waals surface area contributed by atoms with Crippen LogP contribution in [0.15, 0.2) is 30.5 Å². The second kappa shape index (κ2) is 4.43. The van der Waals surface area contributed by atoms with E-state index in [0.717, 1.165) is 11.1 Å². The van der Waals surface area contributed by atoms with Crippen LogP contribution in [0.1, 0.15) is 5.56 Å². The number of fused-ring (bicyclic) bond motifs is 1. The molecule has 0 bridgehead atoms. The Morgan fingerprint density at radius 2 is 2.16 bits per heavy atom. The molecule has 2 heterocycles. The molecule has 2 aromatic heterocycles. The fraction of sp³-hybridized carbons (Fsp3) is 0.0769. The number of benzene rings is 1. The van der Waals surface area contributed by atoms with Gasteiger partial charge in [-0.25, -0.2) is 9.37 Å². The normalized spacial score (nSPS) is 11.1. The van der Waals surface area contributed by atoms with Gasteiger partial charge in [0.1, 0.15) is 0 Å². The highest BCUT2D eigenvalue weighted by Crippen LogP contribution is 2.25. The van der Waals surface area contributed by atoms with E-state index in [1.165, 1.54) is 6.07 Å². The molecule has 0 saturated carbocycles. The van der Waals surface area contributed by atoms with Crippen LogP contribution in [0.3, 0.4) is 0 Å². The molecule has 0 radical (unpaired) electrons. The van der Waals surface area contributed by atoms with Gasteiger partial charge in [0.2, 0.25) is 0 Å². The Bertz CT molecular complexity index is 838. The minimum Gasteiger partial charge on any atom is -0.329 e. The van der Waals surface area contributed by atoms with Crippen molar-refractivity contribution >= 4 is 35.0 Å². The van der Waals surface area contributed by atoms with E-state index in [0.29, 0.717) is 16.1 Å². The molecule has 0 aliphatic rings. The lowest BCUT2D eigenvalue weighted by Crippen LogP contribution is -1.99. The molecule has 19 heavy (non-hydrogen) atoms. The van der Waals surface area contributed by atoms with Crippen molar-refractivity contribution in [2.45, 2.75) is 6.92 Å². The van der Waals surface area contributed by atoms with E-state index in [-0.39, 0.29) is 5.02 Å². The summed E-state index contributed by atoms with van der Waals surface area (Å²) >= 11 is 11.1. The van der Waals surface area contributed by atoms with Crippen molar-refractivity contribution in [1.82, 2.24) is 14.5 Å². The molecule has 3 nitrogen and oxygen atoms in total. The van der Waals surface area contributed by atoms with Crippen molar-refractivity contribution in [1.29, 1.82) is 0 Å². The predicted molar refractivity (Wildman–Crippen MR) is 76.0 cm³/mol. The zero-order chi connectivity index (χ0) is 13.6. The molecule has 0 unspecified atom stereocenters. The minimum absolute atomic E-state index is 0.0569. The van der Waals surface area contributed by atoms with Crippen LogP contribution < -0.4 is 0 Å². The van der Waals surface area contributed by atoms with Crippen LogP contribution in [0.2, 0.25) is 5.02 Å². The van der Waals surface area contributed by atoms with Crippen molar-refractivity contribution in [3.63, 3.8) is 0 Å². The molecule has 0 atom stereocenters. The summed E-state index contributed by atoms with van der Waals surface area (Å²) in [5.74, 6) is -0.510. The summed E-state index contributed by atoms with van der Waals surface area (Å²) in [5, 5.41) is 0.0569. The molecule has 3 rings (SSSR count). The molecule has 1 aromatic carbocycles. The number of aromatic nitrogens is 3. The Kier molecular flexibility index (Phi) is 2.88. The van der Waals surface area contributed by atoms with Gasteiger partial charge in [0, 0.05) is 6.20 Å². The number of hydrogen-bond donors (Lipinski definition) is 1. The number of pyridine rings is 1. The second-order valence-corrected chi connectivity index (χ2v) is 4.96. The number of rotatable bonds is 1. The van der Waals surface area contributed by atoms with Gasteiger partial charge in [0.25, 0.3) is 0 Å². The van der Waals surface area contributed by atoms with E-state index >= 15 is 0 Å². The molecule has 0 aliphatic carbocycles. The lowest BCUT2D eigenvalue weighted by molar-refractivity contribution is 0.619. The Labute approximate surface area is 118 Å². The highest BCUT2D eigenvalue weighted by Gasteiger charge is 2.14. The zero-order valence-corrected chi connectivity index (χ0v) is 11.5. The first kappa shape index (κ1) is 12.3. The maximum Gasteiger partial charge on any atom is 0.184 e. The van der Waals surface area contributed by atoms with Gasteiger partial charge in [0.15, 0.2) is 16.2 Å². The summed E-state index contributed by atoms with van der Waals surface area (Å²) in [4.78, 5) is 7.31. The summed E-state index contributed by atoms with van der Waals surface area (Å²) in [6, 6.07) is 6.66. The van der Waals surface area contributed by atoms with Crippen LogP contribution in [0, 0.1) is 17.5 Å². The number of hydrogen-bond acceptors (Lipinski definition) is 2. The van der Waals surface area contributed by atoms with Gasteiger partial charge >= 0.3 is 0 Å². The second-order valence-electron chi connectivity index (χ2n) is 4.16. The Balaban J connectivity index is 2.44. The zero-order valence-electron chi connectivity index (χ0n) is 9.95. The van der Waals surface area contributed by atoms with Gasteiger partial charge in [-0.3, -0.25) is 4.57 Å². The van der Waals surface area contributed by atoms with Crippen LogP contribution in [0.4, 0.5) is 4.39 Å². The molecule has 1 N–H and O–H groups in total. The van der Waals surface area contributed by atoms with Crippen molar-refractivity contribution in [2.24, 2.45) is 0 Å². The summed E-state index contributed by atoms with van der Waals surface area (Å²) < 4.78 is 16.1. The third-order valence-electron chi connectivity index (χ3n) is 2.96. The van der Waals surface area contributed by atoms with Gasteiger partial charge in [-0.2, -0.15) is 0 Å². The average molecular weight is 294 g/mol. The first-order valence-electron chi connectivity index (χ1n) is 5.60. The van der Waals surface area contributed by atoms with E-state index < -0.39 is 5.82 Å². The molecule has 0 fully saturated rings. The van der Waals surface area contributed by atoms with Gasteiger partial charge in [-0.15, -0.1) is 0 Å². The number of nitrogens with one attached hydrogen (secondary N) is 1. The maximum absolute atomic E-state index is 14.1. The Morgan fingerprint density at radius 1 is 1.37 bits per heavy atom. The summed E-state index contributed by atoms with van der Waals surface area (Å²) in [6.45, 7) is 1.94. The van der Waals surface area contributed by atoms with E-state index in [9.17, 15) is 4.39 Å². The van der Waals surface area contributed by atoms with Crippen molar-refractivity contribution < 1.29 is 4.39 Å². The van der Waals surface area contributed by atoms with Crippen LogP contribution in [0.5, 0.6) is 0 Å². The van der Waals surface area contributed by atoms with Gasteiger partial charge in [-0.1, -0.05) is 17.7 Å². The third kappa shape index (κ3) is 1.86. The van der Waals surface area contributed by atoms with E-state index in [1.54, 1.807) is 22.9 Å². The van der Waals surface area contributed by atoms with E-state index in [2.05, 4.69) is 9.97 Å². The number of aryl methyl sites for hydroxylation is 1. The summed E-state index contributed by atoms with van der Waals surface area (Å²) in [6.07, 6.45) is 1.67. The first-order chi connectivity index (χ1) is 9.09. The number of nitrogens with zero attached hydrogens (tertiary/aromatic N) is 2. The fourth-order valence-corrected chi connectivity index (χ4v) is 2.47. The third-order valence-corrected chi connectivity index (χ3v) is 3.53. The summed E-state index contributed by atoms with van der Waals surface area (Å²) in [5.41, 5.74) is 2.68. The van der Waals surface area contributed by atoms with Crippen LogP contribution in [-0.4, -0.2) is 14.5 Å². The Hall–Kier alpha value is -1.72. The molecule has 6 heteroatoms. The molecule has 96 valence electrons. The highest BCUT2D eigenvalue weighted by molar-refractivity contribution is 7.71. The maximum atomic E-state index is 14.1. The Morgan fingerprint density at radius 3 is 2.95 bits per heavy atom. The largest absolute Gasteiger partial charge is 0.329 e. The number of halogens is 2. The molecule has 0 saturated heterocycles. The number of aromatic amines is 1. The first-order valence-corrected chi connectivity index (χ1v) is 6.39. The van der Waals surface area contributed by atoms with Gasteiger partial charge in [0.05, 0.1) is 16.2 Å². The highest BCUT2D eigenvalue weighted by atomic mass is 35.5. The lowest BCUT2D eigenvalue weighted by atomic mass is 10.2. The fourth-order valence-electron chi connectivity index (χ4n) is 2.02. The molecular weight excluding hydrogens is 285 g/mol. The molecule has 0 spiro atoms. The SMILES string of the molecule is Cc1ccnc2c1[nH]c(=S)n2-c1cccc(Cl)c1F. The van der Waals surface area contributed by atoms with Crippen molar-refractivity contribution in [2.75, 3.05) is 0 Å². The predicted octanol–water partition coefficient (Wildman–Crippen LogP) is 4.18. The molecule has 0 aliphatic heterocycles. The quantitative estimate of drug-likeness (QED) is 0.683. The van der Waals surface area contributed by atoms with Crippen LogP contribution in [0.25, 0.3) is 16.9 Å². The van der Waals surface area contributed by atoms with Gasteiger partial charge < -0.3 is 4.98 Å². The average Bonchev–Trinajstić information content (AvgIpc) is 2.71. The van der Waals surface area contributed by atoms with Gasteiger partial charge in [-0.05, 0) is 42.9 Å². The monoisotopic (exact) mass is 293 g/mol. The van der Waals surface area contributed by atoms with Crippen molar-refractivity contribution in [3.05, 3.63) is 51.6 Å². The van der Waals surface area contributed by atoms with Crippen LogP contribution in [-0.2, 0) is 0 Å². The molecule has 0 amide bonds. The lowest BCUT2D eigenvalue weighted by Gasteiger charge is -2.06. The molecular formula is C13H9ClFN3S. The van der Waals surface area contributed by atoms with E-state index in [4.69, 9.17) is 23.8 Å². The number of H-pyrrole nitrogens is 1. The van der Waals surface area contributed by atoms with Crippen molar-refractivity contribution in [3.8, 4) is 5.69 Å². The topological polar surface area (TPSA) is 33.6 Å². The van der Waals surface area contributed by atoms with Crippen LogP contribution >= 0.6 is 23.8 Å². The standard InChI is InChI=1S/C13H9ClFN3S/c1-7-5-6-16-12-11(7)17-13(19)18(12)9-4-2-3-8(14)10(9)15/h2-6H,1H3,(H,17,19). The van der Waals surface area contributed by atoms with E-state index in [1.807, 2.05) is 13.0 Å². The minimum atomic E-state index is -0.510. The smallest absolute Gasteiger partial charge is 0.184 e. The summed E-state index contributed by atoms with van der Waals surface area (Å²) in [7, 11) is 0. The molecule has 3 aromatic rings. The number of imidazole rings is 1.